The zero-order valence-electron chi connectivity index (χ0n) is 20.2. The highest BCUT2D eigenvalue weighted by molar-refractivity contribution is 7.92. The average Bonchev–Trinajstić information content (AvgIpc) is 3.22. The Hall–Kier alpha value is -2.68. The van der Waals surface area contributed by atoms with Crippen LogP contribution in [0, 0.1) is 5.92 Å². The molecule has 1 aliphatic rings. The molecule has 35 heavy (non-hydrogen) atoms. The van der Waals surface area contributed by atoms with Crippen LogP contribution in [0.5, 0.6) is 5.75 Å². The van der Waals surface area contributed by atoms with Crippen LogP contribution in [0.25, 0.3) is 0 Å². The number of hydrogen-bond acceptors (Lipinski definition) is 8. The van der Waals surface area contributed by atoms with Gasteiger partial charge in [-0.1, -0.05) is 6.92 Å². The van der Waals surface area contributed by atoms with Crippen LogP contribution in [-0.2, 0) is 27.1 Å². The van der Waals surface area contributed by atoms with Crippen molar-refractivity contribution in [3.63, 3.8) is 0 Å². The molecule has 2 N–H and O–H groups in total. The van der Waals surface area contributed by atoms with Crippen LogP contribution in [0.2, 0.25) is 0 Å². The molecule has 1 amide bonds. The third kappa shape index (κ3) is 6.12. The summed E-state index contributed by atoms with van der Waals surface area (Å²) in [6.07, 6.45) is 3.14. The molecule has 0 radical (unpaired) electrons. The molecule has 0 spiro atoms. The van der Waals surface area contributed by atoms with Gasteiger partial charge in [0, 0.05) is 38.4 Å². The molecule has 0 aliphatic carbocycles. The number of amides is 1. The van der Waals surface area contributed by atoms with Crippen molar-refractivity contribution in [1.82, 2.24) is 18.8 Å². The molecule has 3 rings (SSSR count). The summed E-state index contributed by atoms with van der Waals surface area (Å²) in [6, 6.07) is 3.78. The van der Waals surface area contributed by atoms with Crippen molar-refractivity contribution in [2.75, 3.05) is 37.7 Å². The number of aromatic nitrogens is 2. The maximum absolute atomic E-state index is 13.4. The normalized spacial score (nSPS) is 20.1. The standard InChI is InChI=1S/C21H31N5O7S2/c1-14-9-26(15(2)12-27)21(28)17-8-16(23-34(5,29)30)6-7-18(17)33-19(14)10-25(4)35(31,32)20-11-24(3)13-22-20/h6-8,11,13-15,19,23,27H,9-10,12H2,1-5H3/t14-,15-,19-/m1/s1. The van der Waals surface area contributed by atoms with E-state index in [-0.39, 0.29) is 47.6 Å². The van der Waals surface area contributed by atoms with Gasteiger partial charge < -0.3 is 19.3 Å². The van der Waals surface area contributed by atoms with Crippen LogP contribution in [0.3, 0.4) is 0 Å². The molecule has 1 aromatic carbocycles. The number of aryl methyl sites for hydroxylation is 1. The lowest BCUT2D eigenvalue weighted by Crippen LogP contribution is -2.50. The lowest BCUT2D eigenvalue weighted by atomic mass is 9.99. The first-order valence-corrected chi connectivity index (χ1v) is 14.2. The van der Waals surface area contributed by atoms with E-state index in [1.807, 2.05) is 6.92 Å². The van der Waals surface area contributed by atoms with Crippen LogP contribution < -0.4 is 9.46 Å². The van der Waals surface area contributed by atoms with Gasteiger partial charge in [0.2, 0.25) is 10.0 Å². The third-order valence-electron chi connectivity index (χ3n) is 5.76. The molecule has 0 bridgehead atoms. The summed E-state index contributed by atoms with van der Waals surface area (Å²) in [5, 5.41) is 9.65. The molecule has 1 aliphatic heterocycles. The summed E-state index contributed by atoms with van der Waals surface area (Å²) in [5.41, 5.74) is 0.283. The van der Waals surface area contributed by atoms with E-state index in [0.717, 1.165) is 10.6 Å². The Morgan fingerprint density at radius 1 is 1.31 bits per heavy atom. The maximum Gasteiger partial charge on any atom is 0.261 e. The van der Waals surface area contributed by atoms with Gasteiger partial charge in [-0.3, -0.25) is 9.52 Å². The second kappa shape index (κ2) is 10.1. The summed E-state index contributed by atoms with van der Waals surface area (Å²) in [6.45, 7) is 3.40. The fourth-order valence-corrected chi connectivity index (χ4v) is 5.45. The predicted octanol–water partition coefficient (Wildman–Crippen LogP) is 0.332. The minimum Gasteiger partial charge on any atom is -0.488 e. The van der Waals surface area contributed by atoms with Crippen LogP contribution in [0.4, 0.5) is 5.69 Å². The molecule has 0 unspecified atom stereocenters. The lowest BCUT2D eigenvalue weighted by Gasteiger charge is -2.38. The monoisotopic (exact) mass is 529 g/mol. The second-order valence-corrected chi connectivity index (χ2v) is 12.6. The highest BCUT2D eigenvalue weighted by atomic mass is 32.2. The summed E-state index contributed by atoms with van der Waals surface area (Å²) in [5.74, 6) is -0.556. The van der Waals surface area contributed by atoms with Crippen LogP contribution in [0.15, 0.2) is 35.7 Å². The quantitative estimate of drug-likeness (QED) is 0.497. The number of likely N-dealkylation sites (N-methyl/N-ethyl adjacent to an activating group) is 1. The third-order valence-corrected chi connectivity index (χ3v) is 8.08. The lowest BCUT2D eigenvalue weighted by molar-refractivity contribution is 0.0387. The van der Waals surface area contributed by atoms with Gasteiger partial charge in [0.25, 0.3) is 15.9 Å². The molecular weight excluding hydrogens is 498 g/mol. The summed E-state index contributed by atoms with van der Waals surface area (Å²) in [4.78, 5) is 18.8. The Balaban J connectivity index is 1.99. The number of rotatable bonds is 8. The Morgan fingerprint density at radius 2 is 2.00 bits per heavy atom. The van der Waals surface area contributed by atoms with Crippen molar-refractivity contribution in [1.29, 1.82) is 0 Å². The molecule has 2 aromatic rings. The van der Waals surface area contributed by atoms with E-state index in [2.05, 4.69) is 9.71 Å². The molecule has 0 saturated heterocycles. The zero-order chi connectivity index (χ0) is 26.1. The number of anilines is 1. The van der Waals surface area contributed by atoms with Crippen molar-refractivity contribution in [2.45, 2.75) is 31.0 Å². The number of ether oxygens (including phenoxy) is 1. The van der Waals surface area contributed by atoms with Gasteiger partial charge in [0.05, 0.1) is 37.3 Å². The molecule has 1 aromatic heterocycles. The largest absolute Gasteiger partial charge is 0.488 e. The first-order valence-electron chi connectivity index (χ1n) is 10.9. The topological polar surface area (TPSA) is 151 Å². The minimum absolute atomic E-state index is 0.0294. The van der Waals surface area contributed by atoms with Crippen LogP contribution >= 0.6 is 0 Å². The van der Waals surface area contributed by atoms with E-state index in [9.17, 15) is 26.7 Å². The van der Waals surface area contributed by atoms with Gasteiger partial charge in [-0.25, -0.2) is 21.8 Å². The number of carbonyl (C=O) groups excluding carboxylic acids is 1. The van der Waals surface area contributed by atoms with Crippen LogP contribution in [-0.4, -0.2) is 91.8 Å². The molecule has 0 fully saturated rings. The Morgan fingerprint density at radius 3 is 2.57 bits per heavy atom. The molecule has 194 valence electrons. The summed E-state index contributed by atoms with van der Waals surface area (Å²) < 4.78 is 60.6. The molecule has 2 heterocycles. The van der Waals surface area contributed by atoms with E-state index in [4.69, 9.17) is 4.74 Å². The van der Waals surface area contributed by atoms with E-state index in [1.165, 1.54) is 47.2 Å². The molecule has 14 heteroatoms. The first-order chi connectivity index (χ1) is 16.2. The SMILES string of the molecule is C[C@@H]1CN([C@H](C)CO)C(=O)c2cc(NS(C)(=O)=O)ccc2O[C@@H]1CN(C)S(=O)(=O)c1cn(C)cn1. The van der Waals surface area contributed by atoms with E-state index < -0.39 is 38.1 Å². The fourth-order valence-electron chi connectivity index (χ4n) is 3.75. The molecular formula is C21H31N5O7S2. The number of sulfonamides is 2. The van der Waals surface area contributed by atoms with Crippen molar-refractivity contribution >= 4 is 31.6 Å². The Labute approximate surface area is 205 Å². The second-order valence-electron chi connectivity index (χ2n) is 8.87. The average molecular weight is 530 g/mol. The van der Waals surface area contributed by atoms with Crippen molar-refractivity contribution in [3.8, 4) is 5.75 Å². The summed E-state index contributed by atoms with van der Waals surface area (Å²) >= 11 is 0. The minimum atomic E-state index is -3.89. The van der Waals surface area contributed by atoms with Crippen LogP contribution in [0.1, 0.15) is 24.2 Å². The number of fused-ring (bicyclic) bond motifs is 1. The van der Waals surface area contributed by atoms with Crippen molar-refractivity contribution in [2.24, 2.45) is 13.0 Å². The zero-order valence-corrected chi connectivity index (χ0v) is 21.9. The highest BCUT2D eigenvalue weighted by Crippen LogP contribution is 2.31. The van der Waals surface area contributed by atoms with Crippen molar-refractivity contribution in [3.05, 3.63) is 36.3 Å². The van der Waals surface area contributed by atoms with E-state index in [1.54, 1.807) is 14.0 Å². The number of aliphatic hydroxyl groups is 1. The van der Waals surface area contributed by atoms with Gasteiger partial charge in [-0.2, -0.15) is 4.31 Å². The Bertz CT molecular complexity index is 1290. The molecule has 3 atom stereocenters. The van der Waals surface area contributed by atoms with Gasteiger partial charge >= 0.3 is 0 Å². The van der Waals surface area contributed by atoms with Gasteiger partial charge in [0.15, 0.2) is 5.03 Å². The fraction of sp³-hybridized carbons (Fsp3) is 0.524. The number of aliphatic hydroxyl groups excluding tert-OH is 1. The van der Waals surface area contributed by atoms with Gasteiger partial charge in [0.1, 0.15) is 11.9 Å². The smallest absolute Gasteiger partial charge is 0.261 e. The number of nitrogens with zero attached hydrogens (tertiary/aromatic N) is 4. The number of carbonyl (C=O) groups is 1. The maximum atomic E-state index is 13.4. The number of nitrogens with one attached hydrogen (secondary N) is 1. The van der Waals surface area contributed by atoms with E-state index in [0.29, 0.717) is 0 Å². The predicted molar refractivity (Wildman–Crippen MR) is 129 cm³/mol. The van der Waals surface area contributed by atoms with Gasteiger partial charge in [-0.15, -0.1) is 0 Å². The highest BCUT2D eigenvalue weighted by Gasteiger charge is 2.35. The van der Waals surface area contributed by atoms with Crippen molar-refractivity contribution < 1.29 is 31.5 Å². The number of benzene rings is 1. The first kappa shape index (κ1) is 26.9. The Kier molecular flexibility index (Phi) is 7.79. The molecule has 12 nitrogen and oxygen atoms in total. The summed E-state index contributed by atoms with van der Waals surface area (Å²) in [7, 11) is -4.37. The van der Waals surface area contributed by atoms with Gasteiger partial charge in [-0.05, 0) is 25.1 Å². The number of hydrogen-bond donors (Lipinski definition) is 2. The molecule has 0 saturated carbocycles. The number of imidazole rings is 1. The van der Waals surface area contributed by atoms with E-state index >= 15 is 0 Å².